The molecule has 1 amide bonds. The van der Waals surface area contributed by atoms with Gasteiger partial charge in [-0.05, 0) is 64.3 Å². The van der Waals surface area contributed by atoms with Crippen LogP contribution in [0.2, 0.25) is 0 Å². The van der Waals surface area contributed by atoms with E-state index >= 15 is 0 Å². The van der Waals surface area contributed by atoms with Gasteiger partial charge in [-0.3, -0.25) is 4.79 Å². The van der Waals surface area contributed by atoms with Gasteiger partial charge in [-0.2, -0.15) is 5.10 Å². The lowest BCUT2D eigenvalue weighted by molar-refractivity contribution is 0.0734. The number of nitrogens with zero attached hydrogens (tertiary/aromatic N) is 4. The van der Waals surface area contributed by atoms with Crippen LogP contribution in [-0.4, -0.2) is 38.7 Å². The Hall–Kier alpha value is -2.89. The molecule has 0 spiro atoms. The minimum atomic E-state index is 0.0468. The van der Waals surface area contributed by atoms with Crippen molar-refractivity contribution in [1.29, 1.82) is 0 Å². The summed E-state index contributed by atoms with van der Waals surface area (Å²) in [5, 5.41) is 5.34. The third kappa shape index (κ3) is 3.59. The first kappa shape index (κ1) is 19.4. The fourth-order valence-electron chi connectivity index (χ4n) is 4.12. The SMILES string of the molecule is CCOc1ccc(C2CCCN2C(=O)c2cc3cnn(C(C)C)c3nc2C)cc1. The van der Waals surface area contributed by atoms with E-state index < -0.39 is 0 Å². The number of aryl methyl sites for hydroxylation is 1. The monoisotopic (exact) mass is 392 g/mol. The normalized spacial score (nSPS) is 16.7. The molecule has 4 rings (SSSR count). The molecular weight excluding hydrogens is 364 g/mol. The number of aromatic nitrogens is 3. The van der Waals surface area contributed by atoms with E-state index in [9.17, 15) is 4.79 Å². The molecule has 1 atom stereocenters. The van der Waals surface area contributed by atoms with E-state index in [1.807, 2.05) is 41.6 Å². The van der Waals surface area contributed by atoms with E-state index in [1.54, 1.807) is 6.20 Å². The van der Waals surface area contributed by atoms with E-state index in [1.165, 1.54) is 0 Å². The molecule has 1 aliphatic heterocycles. The fraction of sp³-hybridized carbons (Fsp3) is 0.435. The lowest BCUT2D eigenvalue weighted by Crippen LogP contribution is -2.31. The summed E-state index contributed by atoms with van der Waals surface area (Å²) in [5.74, 6) is 0.908. The number of likely N-dealkylation sites (tertiary alicyclic amines) is 1. The summed E-state index contributed by atoms with van der Waals surface area (Å²) in [6.07, 6.45) is 3.77. The number of fused-ring (bicyclic) bond motifs is 1. The van der Waals surface area contributed by atoms with Crippen molar-refractivity contribution in [3.05, 3.63) is 53.3 Å². The van der Waals surface area contributed by atoms with Gasteiger partial charge in [-0.25, -0.2) is 9.67 Å². The predicted octanol–water partition coefficient (Wildman–Crippen LogP) is 4.70. The zero-order chi connectivity index (χ0) is 20.5. The number of hydrogen-bond acceptors (Lipinski definition) is 4. The van der Waals surface area contributed by atoms with Gasteiger partial charge in [-0.15, -0.1) is 0 Å². The maximum Gasteiger partial charge on any atom is 0.256 e. The first-order valence-electron chi connectivity index (χ1n) is 10.4. The van der Waals surface area contributed by atoms with Crippen molar-refractivity contribution in [2.45, 2.75) is 52.6 Å². The number of rotatable bonds is 5. The van der Waals surface area contributed by atoms with Crippen LogP contribution in [0.5, 0.6) is 5.75 Å². The molecular formula is C23H28N4O2. The Labute approximate surface area is 171 Å². The number of benzene rings is 1. The predicted molar refractivity (Wildman–Crippen MR) is 113 cm³/mol. The van der Waals surface area contributed by atoms with Gasteiger partial charge in [0.25, 0.3) is 5.91 Å². The van der Waals surface area contributed by atoms with Crippen LogP contribution in [0, 0.1) is 6.92 Å². The standard InChI is InChI=1S/C23H28N4O2/c1-5-29-19-10-8-17(9-11-19)21-7-6-12-26(21)23(28)20-13-18-14-24-27(15(2)3)22(18)25-16(20)4/h8-11,13-15,21H,5-7,12H2,1-4H3. The Morgan fingerprint density at radius 1 is 1.28 bits per heavy atom. The molecule has 0 bridgehead atoms. The van der Waals surface area contributed by atoms with Crippen molar-refractivity contribution in [1.82, 2.24) is 19.7 Å². The molecule has 0 radical (unpaired) electrons. The van der Waals surface area contributed by atoms with Gasteiger partial charge in [0.1, 0.15) is 5.75 Å². The fourth-order valence-corrected chi connectivity index (χ4v) is 4.12. The van der Waals surface area contributed by atoms with E-state index in [-0.39, 0.29) is 18.0 Å². The van der Waals surface area contributed by atoms with Gasteiger partial charge < -0.3 is 9.64 Å². The molecule has 1 unspecified atom stereocenters. The molecule has 3 heterocycles. The number of hydrogen-bond donors (Lipinski definition) is 0. The van der Waals surface area contributed by atoms with Crippen molar-refractivity contribution < 1.29 is 9.53 Å². The molecule has 1 fully saturated rings. The van der Waals surface area contributed by atoms with Crippen LogP contribution in [0.4, 0.5) is 0 Å². The highest BCUT2D eigenvalue weighted by Gasteiger charge is 2.31. The maximum absolute atomic E-state index is 13.4. The van der Waals surface area contributed by atoms with Crippen LogP contribution < -0.4 is 4.74 Å². The van der Waals surface area contributed by atoms with E-state index in [0.717, 1.165) is 47.4 Å². The summed E-state index contributed by atoms with van der Waals surface area (Å²) < 4.78 is 7.44. The Balaban J connectivity index is 1.63. The molecule has 1 aliphatic rings. The Morgan fingerprint density at radius 3 is 2.72 bits per heavy atom. The summed E-state index contributed by atoms with van der Waals surface area (Å²) in [6.45, 7) is 9.45. The third-order valence-corrected chi connectivity index (χ3v) is 5.57. The first-order valence-corrected chi connectivity index (χ1v) is 10.4. The molecule has 0 saturated carbocycles. The van der Waals surface area contributed by atoms with Gasteiger partial charge in [0.15, 0.2) is 5.65 Å². The number of carbonyl (C=O) groups excluding carboxylic acids is 1. The van der Waals surface area contributed by atoms with Gasteiger partial charge in [0.2, 0.25) is 0 Å². The highest BCUT2D eigenvalue weighted by atomic mass is 16.5. The van der Waals surface area contributed by atoms with Gasteiger partial charge in [0.05, 0.1) is 30.1 Å². The lowest BCUT2D eigenvalue weighted by atomic mass is 10.0. The van der Waals surface area contributed by atoms with Crippen molar-refractivity contribution in [3.8, 4) is 5.75 Å². The second-order valence-corrected chi connectivity index (χ2v) is 7.88. The quantitative estimate of drug-likeness (QED) is 0.632. The average Bonchev–Trinajstić information content (AvgIpc) is 3.34. The van der Waals surface area contributed by atoms with Crippen LogP contribution in [0.1, 0.15) is 67.3 Å². The Kier molecular flexibility index (Phi) is 5.26. The summed E-state index contributed by atoms with van der Waals surface area (Å²) >= 11 is 0. The van der Waals surface area contributed by atoms with Crippen LogP contribution in [0.25, 0.3) is 11.0 Å². The highest BCUT2D eigenvalue weighted by Crippen LogP contribution is 2.34. The average molecular weight is 393 g/mol. The van der Waals surface area contributed by atoms with E-state index in [4.69, 9.17) is 9.72 Å². The lowest BCUT2D eigenvalue weighted by Gasteiger charge is -2.26. The number of ether oxygens (including phenoxy) is 1. The van der Waals surface area contributed by atoms with Crippen LogP contribution in [0.15, 0.2) is 36.5 Å². The van der Waals surface area contributed by atoms with E-state index in [2.05, 4.69) is 31.1 Å². The molecule has 152 valence electrons. The molecule has 1 aromatic carbocycles. The maximum atomic E-state index is 13.4. The number of pyridine rings is 1. The second-order valence-electron chi connectivity index (χ2n) is 7.88. The van der Waals surface area contributed by atoms with Crippen molar-refractivity contribution in [2.24, 2.45) is 0 Å². The molecule has 2 aromatic heterocycles. The minimum Gasteiger partial charge on any atom is -0.494 e. The van der Waals surface area contributed by atoms with Crippen LogP contribution in [-0.2, 0) is 0 Å². The number of carbonyl (C=O) groups is 1. The smallest absolute Gasteiger partial charge is 0.256 e. The molecule has 1 saturated heterocycles. The Bertz CT molecular complexity index is 1020. The number of amides is 1. The van der Waals surface area contributed by atoms with E-state index in [0.29, 0.717) is 12.2 Å². The zero-order valence-electron chi connectivity index (χ0n) is 17.6. The minimum absolute atomic E-state index is 0.0468. The molecule has 29 heavy (non-hydrogen) atoms. The first-order chi connectivity index (χ1) is 14.0. The third-order valence-electron chi connectivity index (χ3n) is 5.57. The van der Waals surface area contributed by atoms with Gasteiger partial charge >= 0.3 is 0 Å². The van der Waals surface area contributed by atoms with Crippen LogP contribution >= 0.6 is 0 Å². The van der Waals surface area contributed by atoms with Crippen LogP contribution in [0.3, 0.4) is 0 Å². The molecule has 0 N–H and O–H groups in total. The molecule has 0 aliphatic carbocycles. The second kappa shape index (κ2) is 7.85. The van der Waals surface area contributed by atoms with Crippen molar-refractivity contribution in [3.63, 3.8) is 0 Å². The van der Waals surface area contributed by atoms with Crippen molar-refractivity contribution in [2.75, 3.05) is 13.2 Å². The van der Waals surface area contributed by atoms with Gasteiger partial charge in [-0.1, -0.05) is 12.1 Å². The largest absolute Gasteiger partial charge is 0.494 e. The summed E-state index contributed by atoms with van der Waals surface area (Å²) in [7, 11) is 0. The van der Waals surface area contributed by atoms with Gasteiger partial charge in [0, 0.05) is 18.0 Å². The van der Waals surface area contributed by atoms with Crippen molar-refractivity contribution >= 4 is 16.9 Å². The molecule has 3 aromatic rings. The molecule has 6 nitrogen and oxygen atoms in total. The molecule has 6 heteroatoms. The highest BCUT2D eigenvalue weighted by molar-refractivity contribution is 5.98. The summed E-state index contributed by atoms with van der Waals surface area (Å²) in [4.78, 5) is 20.1. The summed E-state index contributed by atoms with van der Waals surface area (Å²) in [5.41, 5.74) is 3.40. The zero-order valence-corrected chi connectivity index (χ0v) is 17.6. The summed E-state index contributed by atoms with van der Waals surface area (Å²) in [6, 6.07) is 10.4. The topological polar surface area (TPSA) is 60.2 Å². The Morgan fingerprint density at radius 2 is 2.03 bits per heavy atom.